The molecule has 4 heteroatoms. The highest BCUT2D eigenvalue weighted by molar-refractivity contribution is 5.86. The first-order chi connectivity index (χ1) is 7.70. The van der Waals surface area contributed by atoms with Gasteiger partial charge >= 0.3 is 0 Å². The molecular weight excluding hydrogens is 204 g/mol. The van der Waals surface area contributed by atoms with Gasteiger partial charge in [0.1, 0.15) is 0 Å². The minimum atomic E-state index is -0.0849. The molecule has 2 fully saturated rings. The molecule has 16 heavy (non-hydrogen) atoms. The molecule has 2 aliphatic carbocycles. The van der Waals surface area contributed by atoms with Crippen molar-refractivity contribution in [2.24, 2.45) is 17.8 Å². The third kappa shape index (κ3) is 2.74. The maximum Gasteiger partial charge on any atom is 0.239 e. The lowest BCUT2D eigenvalue weighted by Gasteiger charge is -2.12. The van der Waals surface area contributed by atoms with Crippen LogP contribution in [0.15, 0.2) is 0 Å². The van der Waals surface area contributed by atoms with E-state index < -0.39 is 0 Å². The number of hydrogen-bond acceptors (Lipinski definition) is 2. The van der Waals surface area contributed by atoms with Crippen LogP contribution in [-0.2, 0) is 9.59 Å². The van der Waals surface area contributed by atoms with Gasteiger partial charge in [0.2, 0.25) is 11.8 Å². The van der Waals surface area contributed by atoms with Crippen LogP contribution in [0, 0.1) is 17.8 Å². The van der Waals surface area contributed by atoms with Crippen LogP contribution in [0.4, 0.5) is 0 Å². The highest BCUT2D eigenvalue weighted by Crippen LogP contribution is 2.54. The third-order valence-corrected chi connectivity index (χ3v) is 3.61. The van der Waals surface area contributed by atoms with E-state index in [4.69, 9.17) is 0 Å². The van der Waals surface area contributed by atoms with Gasteiger partial charge in [-0.25, -0.2) is 0 Å². The van der Waals surface area contributed by atoms with Crippen LogP contribution in [0.25, 0.3) is 0 Å². The van der Waals surface area contributed by atoms with Crippen molar-refractivity contribution in [1.82, 2.24) is 10.6 Å². The fourth-order valence-electron chi connectivity index (χ4n) is 2.57. The Morgan fingerprint density at radius 1 is 1.12 bits per heavy atom. The van der Waals surface area contributed by atoms with Gasteiger partial charge in [0.05, 0.1) is 6.54 Å². The average Bonchev–Trinajstić information content (AvgIpc) is 2.90. The Balaban J connectivity index is 1.62. The number of carbonyl (C=O) groups excluding carboxylic acids is 2. The topological polar surface area (TPSA) is 58.2 Å². The average molecular weight is 224 g/mol. The summed E-state index contributed by atoms with van der Waals surface area (Å²) in [6.07, 6.45) is 4.31. The van der Waals surface area contributed by atoms with E-state index in [1.165, 1.54) is 6.42 Å². The first-order valence-corrected chi connectivity index (χ1v) is 6.25. The van der Waals surface area contributed by atoms with E-state index in [0.29, 0.717) is 6.54 Å². The Labute approximate surface area is 96.2 Å². The Kier molecular flexibility index (Phi) is 3.46. The van der Waals surface area contributed by atoms with E-state index in [1.54, 1.807) is 0 Å². The van der Waals surface area contributed by atoms with Crippen LogP contribution in [0.5, 0.6) is 0 Å². The molecule has 2 saturated carbocycles. The van der Waals surface area contributed by atoms with Crippen molar-refractivity contribution in [2.75, 3.05) is 13.1 Å². The van der Waals surface area contributed by atoms with Crippen LogP contribution in [0.1, 0.15) is 32.6 Å². The highest BCUT2D eigenvalue weighted by Gasteiger charge is 2.47. The van der Waals surface area contributed by atoms with Crippen LogP contribution in [0.3, 0.4) is 0 Å². The molecule has 0 aromatic carbocycles. The quantitative estimate of drug-likeness (QED) is 0.721. The lowest BCUT2D eigenvalue weighted by atomic mass is 10.0. The van der Waals surface area contributed by atoms with Crippen LogP contribution >= 0.6 is 0 Å². The number of rotatable bonds is 5. The van der Waals surface area contributed by atoms with Crippen molar-refractivity contribution in [3.63, 3.8) is 0 Å². The van der Waals surface area contributed by atoms with Gasteiger partial charge in [-0.15, -0.1) is 0 Å². The van der Waals surface area contributed by atoms with Crippen LogP contribution < -0.4 is 10.6 Å². The van der Waals surface area contributed by atoms with E-state index in [2.05, 4.69) is 10.6 Å². The summed E-state index contributed by atoms with van der Waals surface area (Å²) in [5.41, 5.74) is 0. The van der Waals surface area contributed by atoms with Crippen molar-refractivity contribution in [3.05, 3.63) is 0 Å². The highest BCUT2D eigenvalue weighted by atomic mass is 16.2. The minimum absolute atomic E-state index is 0.0684. The molecule has 0 saturated heterocycles. The molecule has 2 amide bonds. The van der Waals surface area contributed by atoms with Gasteiger partial charge in [-0.2, -0.15) is 0 Å². The second-order valence-corrected chi connectivity index (χ2v) is 4.99. The van der Waals surface area contributed by atoms with E-state index in [0.717, 1.165) is 31.1 Å². The number of carbonyl (C=O) groups is 2. The molecule has 0 spiro atoms. The largest absolute Gasteiger partial charge is 0.355 e. The van der Waals surface area contributed by atoms with Crippen molar-refractivity contribution in [3.8, 4) is 0 Å². The molecule has 2 aliphatic rings. The standard InChI is InChI=1S/C12H20N2O2/c1-2-3-13-11(15)7-14-12(16)10-5-8-4-9(8)6-10/h8-10H,2-7H2,1H3,(H,13,15)(H,14,16). The second kappa shape index (κ2) is 4.85. The molecule has 0 aromatic rings. The predicted octanol–water partition coefficient (Wildman–Crippen LogP) is 0.675. The monoisotopic (exact) mass is 224 g/mol. The Morgan fingerprint density at radius 3 is 2.44 bits per heavy atom. The number of nitrogens with one attached hydrogen (secondary N) is 2. The molecule has 0 aromatic heterocycles. The van der Waals surface area contributed by atoms with Gasteiger partial charge in [0.25, 0.3) is 0 Å². The predicted molar refractivity (Wildman–Crippen MR) is 60.6 cm³/mol. The summed E-state index contributed by atoms with van der Waals surface area (Å²) < 4.78 is 0. The fourth-order valence-corrected chi connectivity index (χ4v) is 2.57. The zero-order valence-electron chi connectivity index (χ0n) is 9.79. The van der Waals surface area contributed by atoms with Gasteiger partial charge in [0, 0.05) is 12.5 Å². The minimum Gasteiger partial charge on any atom is -0.355 e. The van der Waals surface area contributed by atoms with Gasteiger partial charge in [0.15, 0.2) is 0 Å². The first kappa shape index (κ1) is 11.4. The molecule has 2 N–H and O–H groups in total. The SMILES string of the molecule is CCCNC(=O)CNC(=O)C1CC2CC2C1. The fraction of sp³-hybridized carbons (Fsp3) is 0.833. The van der Waals surface area contributed by atoms with Gasteiger partial charge in [-0.05, 0) is 37.5 Å². The summed E-state index contributed by atoms with van der Waals surface area (Å²) in [4.78, 5) is 23.0. The Hall–Kier alpha value is -1.06. The third-order valence-electron chi connectivity index (χ3n) is 3.61. The van der Waals surface area contributed by atoms with Crippen LogP contribution in [-0.4, -0.2) is 24.9 Å². The van der Waals surface area contributed by atoms with E-state index in [9.17, 15) is 9.59 Å². The second-order valence-electron chi connectivity index (χ2n) is 4.99. The normalized spacial score (nSPS) is 30.7. The summed E-state index contributed by atoms with van der Waals surface area (Å²) in [5, 5.41) is 5.47. The summed E-state index contributed by atoms with van der Waals surface area (Å²) in [7, 11) is 0. The molecule has 0 heterocycles. The van der Waals surface area contributed by atoms with Crippen molar-refractivity contribution < 1.29 is 9.59 Å². The van der Waals surface area contributed by atoms with Crippen LogP contribution in [0.2, 0.25) is 0 Å². The van der Waals surface area contributed by atoms with Gasteiger partial charge in [-0.1, -0.05) is 6.92 Å². The zero-order valence-corrected chi connectivity index (χ0v) is 9.79. The molecule has 0 radical (unpaired) electrons. The van der Waals surface area contributed by atoms with Crippen molar-refractivity contribution in [2.45, 2.75) is 32.6 Å². The molecular formula is C12H20N2O2. The lowest BCUT2D eigenvalue weighted by molar-refractivity contribution is -0.128. The maximum atomic E-state index is 11.7. The number of hydrogen-bond donors (Lipinski definition) is 2. The first-order valence-electron chi connectivity index (χ1n) is 6.25. The molecule has 90 valence electrons. The van der Waals surface area contributed by atoms with Gasteiger partial charge < -0.3 is 10.6 Å². The Morgan fingerprint density at radius 2 is 1.81 bits per heavy atom. The lowest BCUT2D eigenvalue weighted by Crippen LogP contribution is -2.39. The zero-order chi connectivity index (χ0) is 11.5. The number of amides is 2. The van der Waals surface area contributed by atoms with Gasteiger partial charge in [-0.3, -0.25) is 9.59 Å². The smallest absolute Gasteiger partial charge is 0.239 e. The maximum absolute atomic E-state index is 11.7. The van der Waals surface area contributed by atoms with E-state index >= 15 is 0 Å². The molecule has 2 rings (SSSR count). The van der Waals surface area contributed by atoms with E-state index in [1.807, 2.05) is 6.92 Å². The summed E-state index contributed by atoms with van der Waals surface area (Å²) in [5.74, 6) is 1.77. The van der Waals surface area contributed by atoms with E-state index in [-0.39, 0.29) is 24.3 Å². The summed E-state index contributed by atoms with van der Waals surface area (Å²) in [6.45, 7) is 2.82. The summed E-state index contributed by atoms with van der Waals surface area (Å²) >= 11 is 0. The summed E-state index contributed by atoms with van der Waals surface area (Å²) in [6, 6.07) is 0. The molecule has 2 unspecified atom stereocenters. The molecule has 0 bridgehead atoms. The van der Waals surface area contributed by atoms with Crippen molar-refractivity contribution >= 4 is 11.8 Å². The van der Waals surface area contributed by atoms with Crippen molar-refractivity contribution in [1.29, 1.82) is 0 Å². The molecule has 2 atom stereocenters. The number of fused-ring (bicyclic) bond motifs is 1. The Bertz CT molecular complexity index is 281. The molecule has 4 nitrogen and oxygen atoms in total. The molecule has 0 aliphatic heterocycles.